The Balaban J connectivity index is 1.23. The molecule has 0 saturated carbocycles. The molecule has 0 spiro atoms. The van der Waals surface area contributed by atoms with Crippen LogP contribution in [0.3, 0.4) is 0 Å². The van der Waals surface area contributed by atoms with Crippen LogP contribution in [0.15, 0.2) is 48.5 Å². The molecule has 5 rings (SSSR count). The van der Waals surface area contributed by atoms with E-state index in [1.807, 2.05) is 42.5 Å². The van der Waals surface area contributed by atoms with Crippen molar-refractivity contribution in [3.63, 3.8) is 0 Å². The zero-order valence-corrected chi connectivity index (χ0v) is 17.6. The minimum absolute atomic E-state index is 0.0838. The van der Waals surface area contributed by atoms with Gasteiger partial charge in [0, 0.05) is 36.3 Å². The van der Waals surface area contributed by atoms with Gasteiger partial charge in [0.1, 0.15) is 11.5 Å². The molecule has 0 bridgehead atoms. The fraction of sp³-hybridized carbons (Fsp3) is 0.273. The van der Waals surface area contributed by atoms with Crippen LogP contribution in [0.25, 0.3) is 10.1 Å². The largest absolute Gasteiger partial charge is 0.485 e. The Morgan fingerprint density at radius 3 is 2.37 bits per heavy atom. The molecule has 30 heavy (non-hydrogen) atoms. The van der Waals surface area contributed by atoms with Crippen LogP contribution in [0.1, 0.15) is 9.67 Å². The number of benzene rings is 2. The zero-order chi connectivity index (χ0) is 20.7. The highest BCUT2D eigenvalue weighted by Gasteiger charge is 2.34. The van der Waals surface area contributed by atoms with Crippen molar-refractivity contribution in [2.45, 2.75) is 6.10 Å². The van der Waals surface area contributed by atoms with Gasteiger partial charge in [0.25, 0.3) is 11.8 Å². The van der Waals surface area contributed by atoms with Gasteiger partial charge in [-0.1, -0.05) is 41.9 Å². The molecule has 1 fully saturated rings. The molecule has 6 nitrogen and oxygen atoms in total. The zero-order valence-electron chi connectivity index (χ0n) is 16.0. The minimum atomic E-state index is -0.667. The van der Waals surface area contributed by atoms with Crippen molar-refractivity contribution in [2.75, 3.05) is 32.8 Å². The van der Waals surface area contributed by atoms with E-state index in [9.17, 15) is 9.59 Å². The maximum atomic E-state index is 13.0. The Labute approximate surface area is 182 Å². The molecule has 8 heteroatoms. The quantitative estimate of drug-likeness (QED) is 0.607. The molecule has 2 aromatic carbocycles. The number of carbonyl (C=O) groups is 2. The standard InChI is InChI=1S/C22H19ClN2O4S/c23-19-14-5-1-4-8-18(14)30-20(19)22(27)25-11-9-24(10-12-25)21(26)17-13-28-15-6-2-3-7-16(15)29-17/h1-8,17H,9-13H2. The SMILES string of the molecule is O=C(c1sc2ccccc2c1Cl)N1CCN(C(=O)C2COc3ccccc3O2)CC1. The third-order valence-corrected chi connectivity index (χ3v) is 7.06. The molecule has 3 aromatic rings. The molecule has 1 saturated heterocycles. The van der Waals surface area contributed by atoms with E-state index in [1.165, 1.54) is 11.3 Å². The lowest BCUT2D eigenvalue weighted by atomic mass is 10.2. The molecule has 0 aliphatic carbocycles. The number of fused-ring (bicyclic) bond motifs is 2. The summed E-state index contributed by atoms with van der Waals surface area (Å²) in [4.78, 5) is 29.9. The Hall–Kier alpha value is -2.77. The van der Waals surface area contributed by atoms with Gasteiger partial charge >= 0.3 is 0 Å². The van der Waals surface area contributed by atoms with Crippen LogP contribution < -0.4 is 9.47 Å². The average Bonchev–Trinajstić information content (AvgIpc) is 3.14. The number of nitrogens with zero attached hydrogens (tertiary/aromatic N) is 2. The number of amides is 2. The second-order valence-corrected chi connectivity index (χ2v) is 8.65. The number of piperazine rings is 1. The minimum Gasteiger partial charge on any atom is -0.485 e. The third-order valence-electron chi connectivity index (χ3n) is 5.39. The molecule has 0 N–H and O–H groups in total. The second kappa shape index (κ2) is 7.81. The first kappa shape index (κ1) is 19.2. The molecule has 1 atom stereocenters. The summed E-state index contributed by atoms with van der Waals surface area (Å²) >= 11 is 7.87. The summed E-state index contributed by atoms with van der Waals surface area (Å²) in [7, 11) is 0. The number of para-hydroxylation sites is 2. The molecule has 1 aromatic heterocycles. The van der Waals surface area contributed by atoms with E-state index in [4.69, 9.17) is 21.1 Å². The number of ether oxygens (including phenoxy) is 2. The lowest BCUT2D eigenvalue weighted by Crippen LogP contribution is -2.55. The second-order valence-electron chi connectivity index (χ2n) is 7.22. The fourth-order valence-corrected chi connectivity index (χ4v) is 5.25. The molecular weight excluding hydrogens is 424 g/mol. The van der Waals surface area contributed by atoms with Crippen LogP contribution in [0, 0.1) is 0 Å². The Morgan fingerprint density at radius 2 is 1.60 bits per heavy atom. The van der Waals surface area contributed by atoms with E-state index in [1.54, 1.807) is 15.9 Å². The molecule has 2 amide bonds. The molecule has 3 heterocycles. The lowest BCUT2D eigenvalue weighted by Gasteiger charge is -2.37. The summed E-state index contributed by atoms with van der Waals surface area (Å²) in [6.45, 7) is 2.01. The summed E-state index contributed by atoms with van der Waals surface area (Å²) in [6, 6.07) is 15.1. The predicted molar refractivity (Wildman–Crippen MR) is 116 cm³/mol. The van der Waals surface area contributed by atoms with Crippen LogP contribution in [0.5, 0.6) is 11.5 Å². The Kier molecular flexibility index (Phi) is 5.00. The summed E-state index contributed by atoms with van der Waals surface area (Å²) in [5.74, 6) is 1.03. The van der Waals surface area contributed by atoms with E-state index in [0.29, 0.717) is 47.6 Å². The van der Waals surface area contributed by atoms with Crippen LogP contribution >= 0.6 is 22.9 Å². The maximum absolute atomic E-state index is 13.0. The van der Waals surface area contributed by atoms with Gasteiger partial charge < -0.3 is 19.3 Å². The summed E-state index contributed by atoms with van der Waals surface area (Å²) in [5, 5.41) is 1.40. The van der Waals surface area contributed by atoms with E-state index < -0.39 is 6.10 Å². The third kappa shape index (κ3) is 3.38. The first-order valence-corrected chi connectivity index (χ1v) is 10.9. The highest BCUT2D eigenvalue weighted by molar-refractivity contribution is 7.21. The topological polar surface area (TPSA) is 59.1 Å². The number of thiophene rings is 1. The van der Waals surface area contributed by atoms with Gasteiger partial charge in [0.15, 0.2) is 11.5 Å². The molecular formula is C22H19ClN2O4S. The van der Waals surface area contributed by atoms with Gasteiger partial charge in [0.2, 0.25) is 6.10 Å². The van der Waals surface area contributed by atoms with Crippen molar-refractivity contribution in [1.29, 1.82) is 0 Å². The van der Waals surface area contributed by atoms with E-state index in [0.717, 1.165) is 10.1 Å². The number of hydrogen-bond donors (Lipinski definition) is 0. The normalized spacial score (nSPS) is 18.5. The van der Waals surface area contributed by atoms with Crippen LogP contribution in [-0.4, -0.2) is 60.5 Å². The first-order valence-electron chi connectivity index (χ1n) is 9.75. The highest BCUT2D eigenvalue weighted by atomic mass is 35.5. The molecule has 1 unspecified atom stereocenters. The maximum Gasteiger partial charge on any atom is 0.267 e. The highest BCUT2D eigenvalue weighted by Crippen LogP contribution is 2.36. The first-order chi connectivity index (χ1) is 14.6. The van der Waals surface area contributed by atoms with Gasteiger partial charge in [-0.05, 0) is 18.2 Å². The van der Waals surface area contributed by atoms with Crippen molar-refractivity contribution in [3.05, 3.63) is 58.4 Å². The van der Waals surface area contributed by atoms with Crippen LogP contribution in [-0.2, 0) is 4.79 Å². The van der Waals surface area contributed by atoms with Crippen molar-refractivity contribution in [1.82, 2.24) is 9.80 Å². The van der Waals surface area contributed by atoms with Gasteiger partial charge in [-0.25, -0.2) is 0 Å². The van der Waals surface area contributed by atoms with E-state index in [2.05, 4.69) is 0 Å². The monoisotopic (exact) mass is 442 g/mol. The van der Waals surface area contributed by atoms with Gasteiger partial charge in [-0.3, -0.25) is 9.59 Å². The Morgan fingerprint density at radius 1 is 0.933 bits per heavy atom. The van der Waals surface area contributed by atoms with Crippen LogP contribution in [0.2, 0.25) is 5.02 Å². The Bertz CT molecular complexity index is 1120. The number of hydrogen-bond acceptors (Lipinski definition) is 5. The number of carbonyl (C=O) groups excluding carboxylic acids is 2. The van der Waals surface area contributed by atoms with Gasteiger partial charge in [0.05, 0.1) is 5.02 Å². The van der Waals surface area contributed by atoms with Gasteiger partial charge in [-0.15, -0.1) is 11.3 Å². The molecule has 2 aliphatic rings. The average molecular weight is 443 g/mol. The summed E-state index contributed by atoms with van der Waals surface area (Å²) in [5.41, 5.74) is 0. The summed E-state index contributed by atoms with van der Waals surface area (Å²) in [6.07, 6.45) is -0.667. The number of rotatable bonds is 2. The van der Waals surface area contributed by atoms with Crippen molar-refractivity contribution >= 4 is 44.8 Å². The predicted octanol–water partition coefficient (Wildman–Crippen LogP) is 3.68. The van der Waals surface area contributed by atoms with Crippen molar-refractivity contribution in [3.8, 4) is 11.5 Å². The van der Waals surface area contributed by atoms with Crippen LogP contribution in [0.4, 0.5) is 0 Å². The molecule has 154 valence electrons. The summed E-state index contributed by atoms with van der Waals surface area (Å²) < 4.78 is 12.5. The molecule has 2 aliphatic heterocycles. The number of halogens is 1. The van der Waals surface area contributed by atoms with Crippen molar-refractivity contribution < 1.29 is 19.1 Å². The molecule has 0 radical (unpaired) electrons. The van der Waals surface area contributed by atoms with Gasteiger partial charge in [-0.2, -0.15) is 0 Å². The smallest absolute Gasteiger partial charge is 0.267 e. The van der Waals surface area contributed by atoms with E-state index in [-0.39, 0.29) is 18.4 Å². The van der Waals surface area contributed by atoms with Crippen molar-refractivity contribution in [2.24, 2.45) is 0 Å². The lowest BCUT2D eigenvalue weighted by molar-refractivity contribution is -0.142. The fourth-order valence-electron chi connectivity index (χ4n) is 3.77. The van der Waals surface area contributed by atoms with E-state index >= 15 is 0 Å².